The van der Waals surface area contributed by atoms with Crippen LogP contribution in [0.25, 0.3) is 0 Å². The van der Waals surface area contributed by atoms with E-state index in [0.29, 0.717) is 17.4 Å². The highest BCUT2D eigenvalue weighted by atomic mass is 16.5. The number of nitrogens with zero attached hydrogens (tertiary/aromatic N) is 3. The molecule has 0 unspecified atom stereocenters. The van der Waals surface area contributed by atoms with Crippen LogP contribution in [0, 0.1) is 12.8 Å². The predicted molar refractivity (Wildman–Crippen MR) is 102 cm³/mol. The van der Waals surface area contributed by atoms with Gasteiger partial charge in [-0.2, -0.15) is 5.10 Å². The van der Waals surface area contributed by atoms with Crippen LogP contribution in [-0.4, -0.2) is 51.2 Å². The van der Waals surface area contributed by atoms with E-state index < -0.39 is 0 Å². The first-order valence-electron chi connectivity index (χ1n) is 10.1. The van der Waals surface area contributed by atoms with Gasteiger partial charge in [0, 0.05) is 48.9 Å². The van der Waals surface area contributed by atoms with Crippen molar-refractivity contribution >= 4 is 11.8 Å². The number of carbonyl (C=O) groups excluding carboxylic acids is 2. The molecule has 3 heterocycles. The monoisotopic (exact) mass is 385 g/mol. The molecule has 0 atom stereocenters. The maximum atomic E-state index is 12.9. The molecule has 0 radical (unpaired) electrons. The Kier molecular flexibility index (Phi) is 5.45. The van der Waals surface area contributed by atoms with E-state index >= 15 is 0 Å². The summed E-state index contributed by atoms with van der Waals surface area (Å²) in [5, 5.41) is 13.8. The van der Waals surface area contributed by atoms with Gasteiger partial charge in [-0.1, -0.05) is 5.16 Å². The number of H-pyrrole nitrogens is 1. The Morgan fingerprint density at radius 1 is 1.18 bits per heavy atom. The van der Waals surface area contributed by atoms with Crippen molar-refractivity contribution in [1.29, 1.82) is 0 Å². The number of hydrogen-bond donors (Lipinski definition) is 2. The van der Waals surface area contributed by atoms with Gasteiger partial charge >= 0.3 is 0 Å². The zero-order chi connectivity index (χ0) is 19.5. The predicted octanol–water partition coefficient (Wildman–Crippen LogP) is 2.40. The van der Waals surface area contributed by atoms with Crippen LogP contribution >= 0.6 is 0 Å². The third-order valence-electron chi connectivity index (χ3n) is 6.04. The van der Waals surface area contributed by atoms with Crippen molar-refractivity contribution in [3.63, 3.8) is 0 Å². The first-order valence-corrected chi connectivity index (χ1v) is 10.1. The normalized spacial score (nSPS) is 23.5. The molecule has 8 nitrogen and oxygen atoms in total. The van der Waals surface area contributed by atoms with Gasteiger partial charge in [0.05, 0.1) is 0 Å². The number of amides is 2. The Morgan fingerprint density at radius 2 is 1.93 bits per heavy atom. The zero-order valence-corrected chi connectivity index (χ0v) is 16.2. The number of likely N-dealkylation sites (tertiary alicyclic amines) is 1. The topological polar surface area (TPSA) is 104 Å². The molecule has 0 spiro atoms. The maximum Gasteiger partial charge on any atom is 0.273 e. The van der Waals surface area contributed by atoms with Crippen molar-refractivity contribution in [2.45, 2.75) is 57.4 Å². The average molecular weight is 385 g/mol. The largest absolute Gasteiger partial charge is 0.361 e. The van der Waals surface area contributed by atoms with E-state index in [1.807, 2.05) is 11.0 Å². The molecule has 2 amide bonds. The molecule has 1 aliphatic carbocycles. The SMILES string of the molecule is Cc1cc(C(=O)NC2CCC(C(=O)N3CCC(c4ccn[nH]4)CC3)CC2)no1. The lowest BCUT2D eigenvalue weighted by molar-refractivity contribution is -0.137. The summed E-state index contributed by atoms with van der Waals surface area (Å²) < 4.78 is 4.96. The molecule has 4 rings (SSSR count). The highest BCUT2D eigenvalue weighted by Crippen LogP contribution is 2.30. The van der Waals surface area contributed by atoms with Gasteiger partial charge in [0.15, 0.2) is 5.69 Å². The van der Waals surface area contributed by atoms with Gasteiger partial charge in [0.1, 0.15) is 5.76 Å². The van der Waals surface area contributed by atoms with Crippen LogP contribution in [0.3, 0.4) is 0 Å². The fraction of sp³-hybridized carbons (Fsp3) is 0.600. The molecule has 150 valence electrons. The highest BCUT2D eigenvalue weighted by molar-refractivity contribution is 5.92. The third kappa shape index (κ3) is 4.10. The van der Waals surface area contributed by atoms with Gasteiger partial charge in [-0.25, -0.2) is 0 Å². The lowest BCUT2D eigenvalue weighted by atomic mass is 9.84. The molecule has 0 aromatic carbocycles. The molecule has 2 aliphatic rings. The van der Waals surface area contributed by atoms with E-state index in [1.54, 1.807) is 19.2 Å². The van der Waals surface area contributed by atoms with Crippen LogP contribution in [0.1, 0.15) is 66.4 Å². The molecular formula is C20H27N5O3. The first kappa shape index (κ1) is 18.7. The number of hydrogen-bond acceptors (Lipinski definition) is 5. The van der Waals surface area contributed by atoms with Crippen molar-refractivity contribution in [2.75, 3.05) is 13.1 Å². The highest BCUT2D eigenvalue weighted by Gasteiger charge is 2.32. The summed E-state index contributed by atoms with van der Waals surface area (Å²) in [6.07, 6.45) is 7.04. The second-order valence-corrected chi connectivity index (χ2v) is 7.96. The van der Waals surface area contributed by atoms with Gasteiger partial charge in [-0.15, -0.1) is 0 Å². The molecule has 28 heavy (non-hydrogen) atoms. The Bertz CT molecular complexity index is 800. The Morgan fingerprint density at radius 3 is 2.54 bits per heavy atom. The van der Waals surface area contributed by atoms with E-state index in [1.165, 1.54) is 5.69 Å². The Labute approximate surface area is 164 Å². The summed E-state index contributed by atoms with van der Waals surface area (Å²) in [5.74, 6) is 1.24. The number of rotatable bonds is 4. The lowest BCUT2D eigenvalue weighted by Crippen LogP contribution is -2.44. The third-order valence-corrected chi connectivity index (χ3v) is 6.04. The summed E-state index contributed by atoms with van der Waals surface area (Å²) in [4.78, 5) is 27.1. The number of nitrogens with one attached hydrogen (secondary N) is 2. The quantitative estimate of drug-likeness (QED) is 0.841. The summed E-state index contributed by atoms with van der Waals surface area (Å²) in [5.41, 5.74) is 1.49. The van der Waals surface area contributed by atoms with Gasteiger partial charge in [-0.3, -0.25) is 14.7 Å². The number of carbonyl (C=O) groups is 2. The summed E-state index contributed by atoms with van der Waals surface area (Å²) in [6, 6.07) is 3.76. The second kappa shape index (κ2) is 8.16. The van der Waals surface area contributed by atoms with Gasteiger partial charge in [-0.05, 0) is 51.5 Å². The van der Waals surface area contributed by atoms with Crippen molar-refractivity contribution < 1.29 is 14.1 Å². The Balaban J connectivity index is 1.22. The van der Waals surface area contributed by atoms with Gasteiger partial charge in [0.25, 0.3) is 5.91 Å². The minimum Gasteiger partial charge on any atom is -0.361 e. The molecule has 2 fully saturated rings. The van der Waals surface area contributed by atoms with Crippen LogP contribution in [0.4, 0.5) is 0 Å². The van der Waals surface area contributed by atoms with Gasteiger partial charge in [0.2, 0.25) is 5.91 Å². The molecule has 8 heteroatoms. The lowest BCUT2D eigenvalue weighted by Gasteiger charge is -2.36. The molecule has 2 N–H and O–H groups in total. The first-order chi connectivity index (χ1) is 13.6. The van der Waals surface area contributed by atoms with Crippen molar-refractivity contribution in [1.82, 2.24) is 25.6 Å². The van der Waals surface area contributed by atoms with Crippen LogP contribution in [0.5, 0.6) is 0 Å². The summed E-state index contributed by atoms with van der Waals surface area (Å²) in [6.45, 7) is 3.38. The fourth-order valence-electron chi connectivity index (χ4n) is 4.38. The van der Waals surface area contributed by atoms with E-state index in [4.69, 9.17) is 4.52 Å². The van der Waals surface area contributed by atoms with Crippen molar-refractivity contribution in [3.8, 4) is 0 Å². The summed E-state index contributed by atoms with van der Waals surface area (Å²) >= 11 is 0. The van der Waals surface area contributed by atoms with Crippen LogP contribution in [0.2, 0.25) is 0 Å². The molecule has 0 bridgehead atoms. The minimum atomic E-state index is -0.201. The standard InChI is InChI=1S/C20H27N5O3/c1-13-12-18(24-28-13)19(26)22-16-4-2-15(3-5-16)20(27)25-10-7-14(8-11-25)17-6-9-21-23-17/h6,9,12,14-16H,2-5,7-8,10-11H2,1H3,(H,21,23)(H,22,26). The smallest absolute Gasteiger partial charge is 0.273 e. The van der Waals surface area contributed by atoms with Crippen LogP contribution in [-0.2, 0) is 4.79 Å². The van der Waals surface area contributed by atoms with Crippen molar-refractivity contribution in [3.05, 3.63) is 35.5 Å². The molecular weight excluding hydrogens is 358 g/mol. The van der Waals surface area contributed by atoms with Crippen LogP contribution < -0.4 is 5.32 Å². The molecule has 2 aromatic rings. The maximum absolute atomic E-state index is 12.9. The average Bonchev–Trinajstić information content (AvgIpc) is 3.40. The minimum absolute atomic E-state index is 0.0751. The van der Waals surface area contributed by atoms with E-state index in [-0.39, 0.29) is 23.8 Å². The van der Waals surface area contributed by atoms with E-state index in [2.05, 4.69) is 20.7 Å². The van der Waals surface area contributed by atoms with E-state index in [9.17, 15) is 9.59 Å². The Hall–Kier alpha value is -2.64. The number of aromatic nitrogens is 3. The van der Waals surface area contributed by atoms with Crippen LogP contribution in [0.15, 0.2) is 22.9 Å². The van der Waals surface area contributed by atoms with E-state index in [0.717, 1.165) is 51.6 Å². The fourth-order valence-corrected chi connectivity index (χ4v) is 4.38. The van der Waals surface area contributed by atoms with Gasteiger partial charge < -0.3 is 14.7 Å². The summed E-state index contributed by atoms with van der Waals surface area (Å²) in [7, 11) is 0. The van der Waals surface area contributed by atoms with Crippen molar-refractivity contribution in [2.24, 2.45) is 5.92 Å². The number of piperidine rings is 1. The number of aryl methyl sites for hydroxylation is 1. The zero-order valence-electron chi connectivity index (χ0n) is 16.2. The second-order valence-electron chi connectivity index (χ2n) is 7.96. The molecule has 1 saturated heterocycles. The molecule has 1 aliphatic heterocycles. The molecule has 1 saturated carbocycles. The molecule has 2 aromatic heterocycles. The number of aromatic amines is 1.